The maximum absolute atomic E-state index is 13.4. The van der Waals surface area contributed by atoms with Gasteiger partial charge in [0, 0.05) is 17.5 Å². The maximum Gasteiger partial charge on any atom is 0.198 e. The highest BCUT2D eigenvalue weighted by molar-refractivity contribution is 8.14. The minimum Gasteiger partial charge on any atom is -0.330 e. The quantitative estimate of drug-likeness (QED) is 0.211. The first-order chi connectivity index (χ1) is 15.9. The summed E-state index contributed by atoms with van der Waals surface area (Å²) >= 11 is 0.924. The number of aryl methyl sites for hydroxylation is 1. The molecule has 0 saturated heterocycles. The molecule has 0 aliphatic rings. The second kappa shape index (κ2) is 11.6. The van der Waals surface area contributed by atoms with Crippen molar-refractivity contribution in [2.75, 3.05) is 11.9 Å². The van der Waals surface area contributed by atoms with E-state index in [0.29, 0.717) is 23.1 Å². The molecule has 1 aromatic carbocycles. The highest BCUT2D eigenvalue weighted by Gasteiger charge is 2.12. The van der Waals surface area contributed by atoms with Crippen LogP contribution in [0.1, 0.15) is 25.3 Å². The van der Waals surface area contributed by atoms with Crippen molar-refractivity contribution < 1.29 is 4.39 Å². The van der Waals surface area contributed by atoms with Gasteiger partial charge in [0.1, 0.15) is 6.33 Å². The van der Waals surface area contributed by atoms with Gasteiger partial charge in [0.25, 0.3) is 0 Å². The summed E-state index contributed by atoms with van der Waals surface area (Å²) in [6, 6.07) is 7.99. The number of hydrogen-bond acceptors (Lipinski definition) is 6. The van der Waals surface area contributed by atoms with Gasteiger partial charge in [-0.05, 0) is 25.0 Å². The zero-order valence-electron chi connectivity index (χ0n) is 18.8. The van der Waals surface area contributed by atoms with Crippen LogP contribution in [0.25, 0.3) is 0 Å². The van der Waals surface area contributed by atoms with Crippen LogP contribution in [0.4, 0.5) is 9.52 Å². The summed E-state index contributed by atoms with van der Waals surface area (Å²) in [7, 11) is 1.44. The van der Waals surface area contributed by atoms with Crippen LogP contribution in [0.5, 0.6) is 0 Å². The predicted octanol–water partition coefficient (Wildman–Crippen LogP) is 5.86. The van der Waals surface area contributed by atoms with Gasteiger partial charge in [-0.25, -0.2) is 4.98 Å². The average Bonchev–Trinajstić information content (AvgIpc) is 3.43. The number of allylic oxidation sites excluding steroid dienone is 3. The lowest BCUT2D eigenvalue weighted by Gasteiger charge is -2.13. The number of anilines is 1. The Bertz CT molecular complexity index is 1200. The van der Waals surface area contributed by atoms with Gasteiger partial charge in [-0.2, -0.15) is 4.39 Å². The van der Waals surface area contributed by atoms with Crippen molar-refractivity contribution in [3.05, 3.63) is 84.1 Å². The fourth-order valence-electron chi connectivity index (χ4n) is 3.06. The molecule has 3 rings (SSSR count). The van der Waals surface area contributed by atoms with E-state index < -0.39 is 10.5 Å². The van der Waals surface area contributed by atoms with Crippen molar-refractivity contribution in [1.82, 2.24) is 19.7 Å². The Labute approximate surface area is 200 Å². The van der Waals surface area contributed by atoms with Gasteiger partial charge < -0.3 is 9.88 Å². The molecule has 0 saturated carbocycles. The lowest BCUT2D eigenvalue weighted by atomic mass is 10.1. The molecule has 9 heteroatoms. The van der Waals surface area contributed by atoms with Crippen LogP contribution >= 0.6 is 21.8 Å². The number of aromatic nitrogens is 4. The molecule has 2 aromatic heterocycles. The molecular formula is C24H27FN6S2. The molecule has 6 nitrogen and oxygen atoms in total. The van der Waals surface area contributed by atoms with Crippen LogP contribution in [-0.2, 0) is 7.05 Å². The maximum atomic E-state index is 13.4. The van der Waals surface area contributed by atoms with Gasteiger partial charge in [0.05, 0.1) is 24.2 Å². The van der Waals surface area contributed by atoms with E-state index in [2.05, 4.69) is 52.5 Å². The third-order valence-electron chi connectivity index (χ3n) is 4.81. The number of hydrogen-bond donors (Lipinski definition) is 1. The Kier molecular flexibility index (Phi) is 8.62. The Morgan fingerprint density at radius 3 is 2.67 bits per heavy atom. The minimum atomic E-state index is -0.461. The molecule has 0 bridgehead atoms. The molecule has 172 valence electrons. The van der Waals surface area contributed by atoms with Crippen molar-refractivity contribution in [3.8, 4) is 0 Å². The molecule has 0 aliphatic heterocycles. The molecule has 33 heavy (non-hydrogen) atoms. The third-order valence-corrected chi connectivity index (χ3v) is 7.17. The zero-order chi connectivity index (χ0) is 23.8. The molecular weight excluding hydrogens is 455 g/mol. The van der Waals surface area contributed by atoms with Crippen LogP contribution < -0.4 is 5.32 Å². The van der Waals surface area contributed by atoms with Gasteiger partial charge in [-0.1, -0.05) is 71.1 Å². The van der Waals surface area contributed by atoms with Crippen LogP contribution in [0.2, 0.25) is 0 Å². The summed E-state index contributed by atoms with van der Waals surface area (Å²) in [6.45, 7) is 10.6. The van der Waals surface area contributed by atoms with E-state index >= 15 is 0 Å². The zero-order valence-corrected chi connectivity index (χ0v) is 20.4. The van der Waals surface area contributed by atoms with Gasteiger partial charge in [-0.15, -0.1) is 16.8 Å². The van der Waals surface area contributed by atoms with E-state index in [9.17, 15) is 4.39 Å². The first-order valence-electron chi connectivity index (χ1n) is 10.3. The fourth-order valence-corrected chi connectivity index (χ4v) is 4.85. The Hall–Kier alpha value is -3.17. The molecule has 0 amide bonds. The smallest absolute Gasteiger partial charge is 0.198 e. The second-order valence-corrected chi connectivity index (χ2v) is 9.71. The molecule has 2 heterocycles. The second-order valence-electron chi connectivity index (χ2n) is 7.11. The van der Waals surface area contributed by atoms with Crippen LogP contribution in [-0.4, -0.2) is 37.9 Å². The van der Waals surface area contributed by atoms with Gasteiger partial charge in [0.15, 0.2) is 15.4 Å². The van der Waals surface area contributed by atoms with E-state index in [-0.39, 0.29) is 5.13 Å². The van der Waals surface area contributed by atoms with Gasteiger partial charge in [0.2, 0.25) is 0 Å². The standard InChI is InChI=1S/C24H27FN6S2/c1-6-8-18(7-2)13-14-26-22(17(3)29-23-27-15-21(25)32-23)19-9-11-20(12-10-19)33(5)24-30-28-16-31(24)4/h6,9-13,15-16H,1,3,5,7-8,14H2,2,4H3,(H,27,29)/b18-13+,26-22?. The minimum absolute atomic E-state index is 0.362. The highest BCUT2D eigenvalue weighted by atomic mass is 32.2. The van der Waals surface area contributed by atoms with Crippen LogP contribution in [0, 0.1) is 5.13 Å². The first-order valence-corrected chi connectivity index (χ1v) is 12.5. The monoisotopic (exact) mass is 482 g/mol. The topological polar surface area (TPSA) is 68.0 Å². The molecule has 3 aromatic rings. The van der Waals surface area contributed by atoms with E-state index in [4.69, 9.17) is 4.99 Å². The number of thiazole rings is 1. The summed E-state index contributed by atoms with van der Waals surface area (Å²) in [6.07, 6.45) is 8.62. The molecule has 1 unspecified atom stereocenters. The number of aliphatic imine (C=N–C) groups is 1. The summed E-state index contributed by atoms with van der Waals surface area (Å²) in [5, 5.41) is 12.1. The van der Waals surface area contributed by atoms with Crippen LogP contribution in [0.15, 0.2) is 88.4 Å². The molecule has 0 radical (unpaired) electrons. The number of rotatable bonds is 11. The summed E-state index contributed by atoms with van der Waals surface area (Å²) in [5.74, 6) is 4.26. The fraction of sp³-hybridized carbons (Fsp3) is 0.208. The molecule has 1 atom stereocenters. The summed E-state index contributed by atoms with van der Waals surface area (Å²) in [4.78, 5) is 9.85. The van der Waals surface area contributed by atoms with Crippen LogP contribution in [0.3, 0.4) is 0 Å². The number of nitrogens with zero attached hydrogens (tertiary/aromatic N) is 5. The summed E-state index contributed by atoms with van der Waals surface area (Å²) in [5.41, 5.74) is 3.39. The third kappa shape index (κ3) is 6.43. The van der Waals surface area contributed by atoms with Crippen molar-refractivity contribution in [2.45, 2.75) is 29.8 Å². The molecule has 0 fully saturated rings. The highest BCUT2D eigenvalue weighted by Crippen LogP contribution is 2.32. The Morgan fingerprint density at radius 1 is 1.33 bits per heavy atom. The largest absolute Gasteiger partial charge is 0.330 e. The van der Waals surface area contributed by atoms with E-state index in [0.717, 1.165) is 39.8 Å². The number of halogens is 1. The average molecular weight is 483 g/mol. The lowest BCUT2D eigenvalue weighted by molar-refractivity contribution is 0.653. The first kappa shape index (κ1) is 24.5. The molecule has 1 N–H and O–H groups in total. The van der Waals surface area contributed by atoms with Gasteiger partial charge in [-0.3, -0.25) is 4.99 Å². The Morgan fingerprint density at radius 2 is 2.09 bits per heavy atom. The normalized spacial score (nSPS) is 13.1. The van der Waals surface area contributed by atoms with Crippen molar-refractivity contribution in [1.29, 1.82) is 0 Å². The van der Waals surface area contributed by atoms with E-state index in [1.807, 2.05) is 42.0 Å². The molecule has 0 spiro atoms. The van der Waals surface area contributed by atoms with Crippen molar-refractivity contribution >= 4 is 38.5 Å². The van der Waals surface area contributed by atoms with E-state index in [1.54, 1.807) is 6.33 Å². The van der Waals surface area contributed by atoms with Crippen molar-refractivity contribution in [2.24, 2.45) is 12.0 Å². The van der Waals surface area contributed by atoms with Gasteiger partial charge >= 0.3 is 0 Å². The van der Waals surface area contributed by atoms with Crippen molar-refractivity contribution in [3.63, 3.8) is 0 Å². The number of nitrogens with one attached hydrogen (secondary N) is 1. The Balaban J connectivity index is 1.88. The summed E-state index contributed by atoms with van der Waals surface area (Å²) < 4.78 is 15.3. The SMILES string of the molecule is C=CC/C(=C/CN=C(C(=C)Nc1ncc(F)s1)c1ccc(S(=C)c2nncn2C)cc1)CC. The van der Waals surface area contributed by atoms with E-state index in [1.165, 1.54) is 11.8 Å². The number of benzene rings is 1. The molecule has 0 aliphatic carbocycles. The predicted molar refractivity (Wildman–Crippen MR) is 138 cm³/mol. The lowest BCUT2D eigenvalue weighted by Crippen LogP contribution is -2.12.